The summed E-state index contributed by atoms with van der Waals surface area (Å²) < 4.78 is 38.3. The summed E-state index contributed by atoms with van der Waals surface area (Å²) in [6.45, 7) is 3.94. The largest absolute Gasteiger partial charge is 0.389 e. The van der Waals surface area contributed by atoms with Gasteiger partial charge in [-0.05, 0) is 19.3 Å². The molecule has 2 atom stereocenters. The predicted molar refractivity (Wildman–Crippen MR) is 106 cm³/mol. The van der Waals surface area contributed by atoms with Gasteiger partial charge < -0.3 is 19.8 Å². The zero-order valence-electron chi connectivity index (χ0n) is 18.2. The topological polar surface area (TPSA) is 81.2 Å². The van der Waals surface area contributed by atoms with Crippen LogP contribution in [-0.4, -0.2) is 88.6 Å². The van der Waals surface area contributed by atoms with E-state index in [1.165, 1.54) is 23.6 Å². The molecule has 3 fully saturated rings. The molecular weight excluding hydrogens is 415 g/mol. The van der Waals surface area contributed by atoms with Gasteiger partial charge in [0.15, 0.2) is 0 Å². The van der Waals surface area contributed by atoms with Gasteiger partial charge in [0.1, 0.15) is 0 Å². The van der Waals surface area contributed by atoms with Crippen molar-refractivity contribution in [3.8, 4) is 0 Å². The van der Waals surface area contributed by atoms with Gasteiger partial charge in [-0.25, -0.2) is 0 Å². The number of piperazine rings is 1. The SMILES string of the molecule is CC(=O)N1CCN(CC2(O)CCN(C(=O)C(C)CC(F)(F)F)CC23CCCC3)C(=O)C1. The number of piperidine rings is 1. The number of aliphatic hydroxyl groups is 1. The Hall–Kier alpha value is -1.84. The van der Waals surface area contributed by atoms with E-state index in [9.17, 15) is 32.7 Å². The molecule has 0 aromatic carbocycles. The highest BCUT2D eigenvalue weighted by Gasteiger charge is 2.56. The van der Waals surface area contributed by atoms with E-state index < -0.39 is 35.4 Å². The lowest BCUT2D eigenvalue weighted by Gasteiger charge is -2.54. The number of β-amino-alcohol motifs (C(OH)–C–C–N with tert-alkyl or cyclic N) is 1. The number of carbonyl (C=O) groups excluding carboxylic acids is 3. The summed E-state index contributed by atoms with van der Waals surface area (Å²) in [5, 5.41) is 11.7. The number of carbonyl (C=O) groups is 3. The van der Waals surface area contributed by atoms with Crippen molar-refractivity contribution in [2.45, 2.75) is 64.1 Å². The van der Waals surface area contributed by atoms with Crippen LogP contribution < -0.4 is 0 Å². The predicted octanol–water partition coefficient (Wildman–Crippen LogP) is 1.79. The summed E-state index contributed by atoms with van der Waals surface area (Å²) in [5.41, 5.74) is -1.83. The molecule has 10 heteroatoms. The molecule has 3 rings (SSSR count). The second kappa shape index (κ2) is 8.60. The number of hydrogen-bond acceptors (Lipinski definition) is 4. The van der Waals surface area contributed by atoms with Crippen LogP contribution in [0, 0.1) is 11.3 Å². The molecule has 0 aromatic heterocycles. The number of halogens is 3. The van der Waals surface area contributed by atoms with Crippen LogP contribution in [0.4, 0.5) is 13.2 Å². The number of nitrogens with zero attached hydrogens (tertiary/aromatic N) is 3. The fourth-order valence-electron chi connectivity index (χ4n) is 5.49. The average Bonchev–Trinajstić information content (AvgIpc) is 3.14. The molecule has 2 unspecified atom stereocenters. The summed E-state index contributed by atoms with van der Waals surface area (Å²) in [6, 6.07) is 0. The van der Waals surface area contributed by atoms with E-state index in [4.69, 9.17) is 0 Å². The van der Waals surface area contributed by atoms with Gasteiger partial charge in [0.2, 0.25) is 17.7 Å². The van der Waals surface area contributed by atoms with Gasteiger partial charge in [0.05, 0.1) is 25.1 Å². The van der Waals surface area contributed by atoms with Gasteiger partial charge in [0, 0.05) is 44.4 Å². The number of amides is 3. The second-order valence-corrected chi connectivity index (χ2v) is 9.51. The number of likely N-dealkylation sites (tertiary alicyclic amines) is 1. The van der Waals surface area contributed by atoms with Crippen LogP contribution in [-0.2, 0) is 14.4 Å². The Morgan fingerprint density at radius 2 is 1.74 bits per heavy atom. The number of rotatable bonds is 4. The van der Waals surface area contributed by atoms with Crippen molar-refractivity contribution < 1.29 is 32.7 Å². The third-order valence-electron chi connectivity index (χ3n) is 7.32. The maximum absolute atomic E-state index is 12.8. The second-order valence-electron chi connectivity index (χ2n) is 9.51. The molecule has 1 N–H and O–H groups in total. The highest BCUT2D eigenvalue weighted by atomic mass is 19.4. The molecule has 1 saturated carbocycles. The highest BCUT2D eigenvalue weighted by Crippen LogP contribution is 2.51. The van der Waals surface area contributed by atoms with E-state index in [0.29, 0.717) is 25.9 Å². The molecule has 2 aliphatic heterocycles. The zero-order chi connectivity index (χ0) is 23.0. The van der Waals surface area contributed by atoms with Crippen molar-refractivity contribution in [1.29, 1.82) is 0 Å². The maximum Gasteiger partial charge on any atom is 0.389 e. The molecule has 3 amide bonds. The van der Waals surface area contributed by atoms with E-state index in [-0.39, 0.29) is 44.4 Å². The highest BCUT2D eigenvalue weighted by molar-refractivity contribution is 5.85. The summed E-state index contributed by atoms with van der Waals surface area (Å²) >= 11 is 0. The van der Waals surface area contributed by atoms with Crippen LogP contribution in [0.3, 0.4) is 0 Å². The molecule has 31 heavy (non-hydrogen) atoms. The van der Waals surface area contributed by atoms with Crippen LogP contribution in [0.25, 0.3) is 0 Å². The van der Waals surface area contributed by atoms with E-state index in [2.05, 4.69) is 0 Å². The zero-order valence-corrected chi connectivity index (χ0v) is 18.2. The Morgan fingerprint density at radius 3 is 2.29 bits per heavy atom. The van der Waals surface area contributed by atoms with Crippen LogP contribution in [0.2, 0.25) is 0 Å². The minimum absolute atomic E-state index is 0.0159. The first kappa shape index (κ1) is 23.8. The first-order valence-corrected chi connectivity index (χ1v) is 11.0. The van der Waals surface area contributed by atoms with Gasteiger partial charge in [-0.15, -0.1) is 0 Å². The molecular formula is C21H32F3N3O4. The van der Waals surface area contributed by atoms with Crippen molar-refractivity contribution in [3.05, 3.63) is 0 Å². The van der Waals surface area contributed by atoms with E-state index >= 15 is 0 Å². The van der Waals surface area contributed by atoms with Gasteiger partial charge in [-0.3, -0.25) is 14.4 Å². The van der Waals surface area contributed by atoms with Gasteiger partial charge in [-0.1, -0.05) is 19.8 Å². The summed E-state index contributed by atoms with van der Waals surface area (Å²) in [6.07, 6.45) is -2.26. The third kappa shape index (κ3) is 4.99. The fourth-order valence-corrected chi connectivity index (χ4v) is 5.49. The first-order valence-electron chi connectivity index (χ1n) is 11.0. The molecule has 7 nitrogen and oxygen atoms in total. The van der Waals surface area contributed by atoms with Crippen molar-refractivity contribution in [3.63, 3.8) is 0 Å². The normalized spacial score (nSPS) is 27.7. The molecule has 0 radical (unpaired) electrons. The quantitative estimate of drug-likeness (QED) is 0.713. The molecule has 176 valence electrons. The lowest BCUT2D eigenvalue weighted by Crippen LogP contribution is -2.66. The monoisotopic (exact) mass is 447 g/mol. The lowest BCUT2D eigenvalue weighted by atomic mass is 9.65. The van der Waals surface area contributed by atoms with E-state index in [0.717, 1.165) is 12.8 Å². The Labute approximate surface area is 180 Å². The van der Waals surface area contributed by atoms with Crippen molar-refractivity contribution in [1.82, 2.24) is 14.7 Å². The minimum atomic E-state index is -4.40. The number of hydrogen-bond donors (Lipinski definition) is 1. The summed E-state index contributed by atoms with van der Waals surface area (Å²) in [4.78, 5) is 41.4. The summed E-state index contributed by atoms with van der Waals surface area (Å²) in [5.74, 6) is -2.08. The molecule has 1 aliphatic carbocycles. The lowest BCUT2D eigenvalue weighted by molar-refractivity contribution is -0.177. The van der Waals surface area contributed by atoms with Crippen molar-refractivity contribution in [2.24, 2.45) is 11.3 Å². The maximum atomic E-state index is 12.8. The number of alkyl halides is 3. The molecule has 3 aliphatic rings. The Bertz CT molecular complexity index is 723. The van der Waals surface area contributed by atoms with Crippen LogP contribution in [0.15, 0.2) is 0 Å². The molecule has 0 aromatic rings. The van der Waals surface area contributed by atoms with Gasteiger partial charge in [-0.2, -0.15) is 13.2 Å². The summed E-state index contributed by atoms with van der Waals surface area (Å²) in [7, 11) is 0. The Balaban J connectivity index is 1.72. The van der Waals surface area contributed by atoms with Gasteiger partial charge in [0.25, 0.3) is 0 Å². The van der Waals surface area contributed by atoms with E-state index in [1.807, 2.05) is 0 Å². The average molecular weight is 447 g/mol. The van der Waals surface area contributed by atoms with Crippen LogP contribution >= 0.6 is 0 Å². The van der Waals surface area contributed by atoms with Crippen molar-refractivity contribution in [2.75, 3.05) is 39.3 Å². The minimum Gasteiger partial charge on any atom is -0.387 e. The molecule has 1 spiro atoms. The van der Waals surface area contributed by atoms with Gasteiger partial charge >= 0.3 is 6.18 Å². The third-order valence-corrected chi connectivity index (χ3v) is 7.32. The Morgan fingerprint density at radius 1 is 1.10 bits per heavy atom. The Kier molecular flexibility index (Phi) is 6.60. The molecule has 2 saturated heterocycles. The van der Waals surface area contributed by atoms with Crippen LogP contribution in [0.5, 0.6) is 0 Å². The van der Waals surface area contributed by atoms with E-state index in [1.54, 1.807) is 4.90 Å². The standard InChI is InChI=1S/C21H32F3N3O4/c1-15(11-21(22,23)24)18(30)27-8-7-20(31,19(13-27)5-3-4-6-19)14-26-10-9-25(16(2)28)12-17(26)29/h15,31H,3-14H2,1-2H3. The fraction of sp³-hybridized carbons (Fsp3) is 0.857. The molecule has 2 heterocycles. The van der Waals surface area contributed by atoms with Crippen LogP contribution in [0.1, 0.15) is 52.4 Å². The van der Waals surface area contributed by atoms with Crippen molar-refractivity contribution >= 4 is 17.7 Å². The molecule has 0 bridgehead atoms. The smallest absolute Gasteiger partial charge is 0.387 e. The first-order chi connectivity index (χ1) is 14.4.